The lowest BCUT2D eigenvalue weighted by Gasteiger charge is -2.28. The van der Waals surface area contributed by atoms with E-state index in [2.05, 4.69) is 12.6 Å². The number of fused-ring (bicyclic) bond motifs is 1. The number of nitrogens with zero attached hydrogens (tertiary/aromatic N) is 1. The Morgan fingerprint density at radius 3 is 2.41 bits per heavy atom. The number of hydrogen-bond donors (Lipinski definition) is 0. The van der Waals surface area contributed by atoms with Crippen molar-refractivity contribution in [2.24, 2.45) is 0 Å². The van der Waals surface area contributed by atoms with Crippen LogP contribution in [0.4, 0.5) is 0 Å². The number of sulfonamides is 1. The zero-order valence-electron chi connectivity index (χ0n) is 15.2. The van der Waals surface area contributed by atoms with Gasteiger partial charge in [-0.25, -0.2) is 8.42 Å². The van der Waals surface area contributed by atoms with Crippen molar-refractivity contribution in [3.8, 4) is 0 Å². The van der Waals surface area contributed by atoms with Gasteiger partial charge in [-0.15, -0.1) is 6.58 Å². The third-order valence-corrected chi connectivity index (χ3v) is 6.84. The largest absolute Gasteiger partial charge is 0.264 e. The predicted molar refractivity (Wildman–Crippen MR) is 111 cm³/mol. The van der Waals surface area contributed by atoms with E-state index in [1.54, 1.807) is 18.2 Å². The van der Waals surface area contributed by atoms with E-state index in [-0.39, 0.29) is 6.04 Å². The van der Waals surface area contributed by atoms with Gasteiger partial charge in [0.15, 0.2) is 0 Å². The molecule has 0 saturated carbocycles. The van der Waals surface area contributed by atoms with Gasteiger partial charge in [-0.05, 0) is 47.9 Å². The highest BCUT2D eigenvalue weighted by atomic mass is 32.2. The molecule has 0 saturated heterocycles. The molecule has 0 N–H and O–H groups in total. The fraction of sp³-hybridized carbons (Fsp3) is 0.130. The van der Waals surface area contributed by atoms with Crippen molar-refractivity contribution in [1.82, 2.24) is 4.31 Å². The minimum absolute atomic E-state index is 0.280. The topological polar surface area (TPSA) is 37.4 Å². The third kappa shape index (κ3) is 3.06. The molecule has 136 valence electrons. The van der Waals surface area contributed by atoms with Crippen molar-refractivity contribution in [3.05, 3.63) is 96.6 Å². The molecule has 0 radical (unpaired) electrons. The molecule has 0 amide bonds. The summed E-state index contributed by atoms with van der Waals surface area (Å²) in [5.74, 6) is 0. The molecular weight excluding hydrogens is 354 g/mol. The lowest BCUT2D eigenvalue weighted by molar-refractivity contribution is 0.483. The summed E-state index contributed by atoms with van der Waals surface area (Å²) in [6.45, 7) is 5.80. The van der Waals surface area contributed by atoms with Crippen molar-refractivity contribution < 1.29 is 8.42 Å². The Bertz CT molecular complexity index is 1140. The van der Waals surface area contributed by atoms with E-state index in [1.807, 2.05) is 61.5 Å². The standard InChI is InChI=1S/C23H21NO2S/c1-3-21-12-15-23(20-11-10-18-6-4-5-7-19(18)16-20)24(21)27(25,26)22-13-8-17(2)9-14-22/h3-11,13-16,21H,1,12H2,2H3. The highest BCUT2D eigenvalue weighted by Gasteiger charge is 2.35. The smallest absolute Gasteiger partial charge is 0.259 e. The van der Waals surface area contributed by atoms with E-state index < -0.39 is 10.0 Å². The average molecular weight is 375 g/mol. The van der Waals surface area contributed by atoms with Gasteiger partial charge in [-0.3, -0.25) is 4.31 Å². The number of rotatable bonds is 4. The van der Waals surface area contributed by atoms with Crippen LogP contribution in [-0.4, -0.2) is 18.8 Å². The minimum atomic E-state index is -3.67. The van der Waals surface area contributed by atoms with Gasteiger partial charge in [-0.1, -0.05) is 66.2 Å². The van der Waals surface area contributed by atoms with E-state index in [0.717, 1.165) is 21.9 Å². The lowest BCUT2D eigenvalue weighted by atomic mass is 10.1. The maximum Gasteiger partial charge on any atom is 0.264 e. The van der Waals surface area contributed by atoms with E-state index in [1.165, 1.54) is 4.31 Å². The molecular formula is C23H21NO2S. The summed E-state index contributed by atoms with van der Waals surface area (Å²) in [6.07, 6.45) is 4.31. The number of benzene rings is 3. The first-order valence-corrected chi connectivity index (χ1v) is 10.4. The zero-order chi connectivity index (χ0) is 19.0. The van der Waals surface area contributed by atoms with Crippen molar-refractivity contribution in [1.29, 1.82) is 0 Å². The Morgan fingerprint density at radius 2 is 1.70 bits per heavy atom. The van der Waals surface area contributed by atoms with Gasteiger partial charge in [0.1, 0.15) is 0 Å². The summed E-state index contributed by atoms with van der Waals surface area (Å²) < 4.78 is 28.3. The molecule has 4 rings (SSSR count). The van der Waals surface area contributed by atoms with Gasteiger partial charge >= 0.3 is 0 Å². The van der Waals surface area contributed by atoms with E-state index in [4.69, 9.17) is 0 Å². The fourth-order valence-electron chi connectivity index (χ4n) is 3.51. The molecule has 1 atom stereocenters. The molecule has 0 aliphatic carbocycles. The molecule has 0 fully saturated rings. The van der Waals surface area contributed by atoms with Crippen LogP contribution in [0, 0.1) is 6.92 Å². The summed E-state index contributed by atoms with van der Waals surface area (Å²) in [4.78, 5) is 0.300. The molecule has 3 aromatic carbocycles. The molecule has 1 heterocycles. The minimum Gasteiger partial charge on any atom is -0.259 e. The Morgan fingerprint density at radius 1 is 1.00 bits per heavy atom. The van der Waals surface area contributed by atoms with Gasteiger partial charge < -0.3 is 0 Å². The Kier molecular flexibility index (Phi) is 4.36. The average Bonchev–Trinajstić information content (AvgIpc) is 3.13. The van der Waals surface area contributed by atoms with Crippen LogP contribution in [0.25, 0.3) is 16.5 Å². The highest BCUT2D eigenvalue weighted by molar-refractivity contribution is 7.89. The fourth-order valence-corrected chi connectivity index (χ4v) is 5.19. The maximum absolute atomic E-state index is 13.4. The third-order valence-electron chi connectivity index (χ3n) is 4.99. The first-order valence-electron chi connectivity index (χ1n) is 8.94. The second kappa shape index (κ2) is 6.71. The van der Waals surface area contributed by atoms with E-state index in [9.17, 15) is 8.42 Å². The second-order valence-corrected chi connectivity index (χ2v) is 8.62. The normalized spacial score (nSPS) is 17.1. The monoisotopic (exact) mass is 375 g/mol. The van der Waals surface area contributed by atoms with Crippen LogP contribution < -0.4 is 0 Å². The molecule has 0 aromatic heterocycles. The number of aryl methyl sites for hydroxylation is 1. The van der Waals surface area contributed by atoms with Crippen molar-refractivity contribution in [2.45, 2.75) is 24.3 Å². The highest BCUT2D eigenvalue weighted by Crippen LogP contribution is 2.37. The summed E-state index contributed by atoms with van der Waals surface area (Å²) in [5, 5.41) is 2.22. The van der Waals surface area contributed by atoms with Crippen LogP contribution in [0.3, 0.4) is 0 Å². The van der Waals surface area contributed by atoms with Crippen LogP contribution in [-0.2, 0) is 10.0 Å². The zero-order valence-corrected chi connectivity index (χ0v) is 16.0. The lowest BCUT2D eigenvalue weighted by Crippen LogP contribution is -2.34. The first kappa shape index (κ1) is 17.6. The Hall–Kier alpha value is -2.85. The summed E-state index contributed by atoms with van der Waals surface area (Å²) in [7, 11) is -3.67. The van der Waals surface area contributed by atoms with Gasteiger partial charge in [0.2, 0.25) is 0 Å². The van der Waals surface area contributed by atoms with Crippen molar-refractivity contribution in [3.63, 3.8) is 0 Å². The quantitative estimate of drug-likeness (QED) is 0.592. The molecule has 1 aliphatic rings. The van der Waals surface area contributed by atoms with Crippen LogP contribution in [0.1, 0.15) is 17.5 Å². The summed E-state index contributed by atoms with van der Waals surface area (Å²) in [6, 6.07) is 20.8. The summed E-state index contributed by atoms with van der Waals surface area (Å²) in [5.41, 5.74) is 2.64. The van der Waals surface area contributed by atoms with E-state index >= 15 is 0 Å². The summed E-state index contributed by atoms with van der Waals surface area (Å²) >= 11 is 0. The second-order valence-electron chi connectivity index (χ2n) is 6.80. The van der Waals surface area contributed by atoms with E-state index in [0.29, 0.717) is 17.0 Å². The van der Waals surface area contributed by atoms with Gasteiger partial charge in [0.05, 0.1) is 16.6 Å². The Balaban J connectivity index is 1.81. The molecule has 0 spiro atoms. The SMILES string of the molecule is C=CC1CC=C(c2ccc3ccccc3c2)N1S(=O)(=O)c1ccc(C)cc1. The molecule has 3 aromatic rings. The molecule has 3 nitrogen and oxygen atoms in total. The van der Waals surface area contributed by atoms with Gasteiger partial charge in [0.25, 0.3) is 10.0 Å². The predicted octanol–water partition coefficient (Wildman–Crippen LogP) is 5.14. The maximum atomic E-state index is 13.4. The van der Waals surface area contributed by atoms with Crippen LogP contribution in [0.5, 0.6) is 0 Å². The molecule has 1 unspecified atom stereocenters. The molecule has 1 aliphatic heterocycles. The molecule has 27 heavy (non-hydrogen) atoms. The van der Waals surface area contributed by atoms with Gasteiger partial charge in [0, 0.05) is 0 Å². The molecule has 0 bridgehead atoms. The van der Waals surface area contributed by atoms with Gasteiger partial charge in [-0.2, -0.15) is 0 Å². The molecule has 4 heteroatoms. The first-order chi connectivity index (χ1) is 13.0. The van der Waals surface area contributed by atoms with Crippen LogP contribution in [0.15, 0.2) is 90.4 Å². The Labute approximate surface area is 160 Å². The number of hydrogen-bond acceptors (Lipinski definition) is 2. The van der Waals surface area contributed by atoms with Crippen molar-refractivity contribution >= 4 is 26.5 Å². The van der Waals surface area contributed by atoms with Crippen molar-refractivity contribution in [2.75, 3.05) is 0 Å². The van der Waals surface area contributed by atoms with Crippen LogP contribution >= 0.6 is 0 Å². The van der Waals surface area contributed by atoms with Crippen LogP contribution in [0.2, 0.25) is 0 Å².